The van der Waals surface area contributed by atoms with E-state index in [-0.39, 0.29) is 24.9 Å². The molecule has 0 radical (unpaired) electrons. The fourth-order valence-corrected chi connectivity index (χ4v) is 8.50. The van der Waals surface area contributed by atoms with Crippen molar-refractivity contribution in [1.82, 2.24) is 5.32 Å². The number of carbonyl (C=O) groups is 2. The Labute approximate surface area is 392 Å². The van der Waals surface area contributed by atoms with Gasteiger partial charge in [0, 0.05) is 6.42 Å². The molecule has 0 aliphatic heterocycles. The maximum absolute atomic E-state index is 13.2. The summed E-state index contributed by atoms with van der Waals surface area (Å²) >= 11 is 0. The van der Waals surface area contributed by atoms with Gasteiger partial charge >= 0.3 is 5.97 Å². The average Bonchev–Trinajstić information content (AvgIpc) is 3.28. The standard InChI is InChI=1S/C57H107NO5/c1-4-7-10-13-16-19-22-25-27-29-32-34-37-40-43-46-49-55(60)54(52-59)58-56(61)51-53(48-45-42-39-36-33-31-28-26-23-20-17-14-11-8-5-2)63-57(62)50-47-44-41-38-35-30-24-21-18-15-12-9-6-3/h17,20,26,28,33,36,53-55,59-60H,4-16,18-19,21-25,27,29-32,34-35,37-52H2,1-3H3,(H,58,61)/b20-17-,28-26-,36-33-. The molecule has 3 unspecified atom stereocenters. The predicted molar refractivity (Wildman–Crippen MR) is 273 cm³/mol. The number of ether oxygens (including phenoxy) is 1. The Hall–Kier alpha value is -1.92. The van der Waals surface area contributed by atoms with Crippen LogP contribution in [0.1, 0.15) is 290 Å². The third-order valence-electron chi connectivity index (χ3n) is 12.7. The van der Waals surface area contributed by atoms with E-state index in [2.05, 4.69) is 62.5 Å². The zero-order valence-corrected chi connectivity index (χ0v) is 42.2. The molecule has 0 fully saturated rings. The molecular formula is C57H107NO5. The fraction of sp³-hybridized carbons (Fsp3) is 0.860. The Bertz CT molecular complexity index is 1040. The van der Waals surface area contributed by atoms with Crippen LogP contribution in [0.2, 0.25) is 0 Å². The first-order chi connectivity index (χ1) is 31.0. The summed E-state index contributed by atoms with van der Waals surface area (Å²) in [5, 5.41) is 23.8. The summed E-state index contributed by atoms with van der Waals surface area (Å²) < 4.78 is 5.93. The van der Waals surface area contributed by atoms with Gasteiger partial charge in [-0.3, -0.25) is 9.59 Å². The van der Waals surface area contributed by atoms with Gasteiger partial charge in [-0.1, -0.05) is 250 Å². The lowest BCUT2D eigenvalue weighted by Gasteiger charge is -2.24. The van der Waals surface area contributed by atoms with E-state index in [1.807, 2.05) is 0 Å². The molecule has 0 aromatic carbocycles. The summed E-state index contributed by atoms with van der Waals surface area (Å²) in [5.74, 6) is -0.498. The molecule has 0 aromatic rings. The van der Waals surface area contributed by atoms with Crippen LogP contribution < -0.4 is 5.32 Å². The van der Waals surface area contributed by atoms with Gasteiger partial charge in [0.25, 0.3) is 0 Å². The van der Waals surface area contributed by atoms with E-state index < -0.39 is 18.2 Å². The van der Waals surface area contributed by atoms with Crippen molar-refractivity contribution < 1.29 is 24.5 Å². The molecule has 370 valence electrons. The second-order valence-electron chi connectivity index (χ2n) is 19.0. The number of allylic oxidation sites excluding steroid dienone is 6. The van der Waals surface area contributed by atoms with Gasteiger partial charge in [0.05, 0.1) is 25.2 Å². The second kappa shape index (κ2) is 51.1. The number of amides is 1. The van der Waals surface area contributed by atoms with E-state index in [1.54, 1.807) is 0 Å². The zero-order valence-electron chi connectivity index (χ0n) is 42.2. The topological polar surface area (TPSA) is 95.9 Å². The number of hydrogen-bond donors (Lipinski definition) is 3. The van der Waals surface area contributed by atoms with Gasteiger partial charge in [-0.2, -0.15) is 0 Å². The lowest BCUT2D eigenvalue weighted by Crippen LogP contribution is -2.46. The van der Waals surface area contributed by atoms with Gasteiger partial charge in [-0.25, -0.2) is 0 Å². The first-order valence-electron chi connectivity index (χ1n) is 27.7. The van der Waals surface area contributed by atoms with Gasteiger partial charge < -0.3 is 20.3 Å². The van der Waals surface area contributed by atoms with Crippen LogP contribution in [-0.2, 0) is 14.3 Å². The molecule has 6 heteroatoms. The number of unbranched alkanes of at least 4 members (excludes halogenated alkanes) is 32. The summed E-state index contributed by atoms with van der Waals surface area (Å²) in [7, 11) is 0. The Kier molecular flexibility index (Phi) is 49.5. The third kappa shape index (κ3) is 46.4. The molecule has 6 nitrogen and oxygen atoms in total. The molecule has 3 atom stereocenters. The minimum Gasteiger partial charge on any atom is -0.462 e. The first-order valence-corrected chi connectivity index (χ1v) is 27.7. The second-order valence-corrected chi connectivity index (χ2v) is 19.0. The van der Waals surface area contributed by atoms with E-state index in [4.69, 9.17) is 4.74 Å². The molecule has 0 aromatic heterocycles. The summed E-state index contributed by atoms with van der Waals surface area (Å²) in [4.78, 5) is 26.2. The molecule has 0 saturated heterocycles. The summed E-state index contributed by atoms with van der Waals surface area (Å²) in [5.41, 5.74) is 0. The number of carbonyl (C=O) groups excluding carboxylic acids is 2. The summed E-state index contributed by atoms with van der Waals surface area (Å²) in [6.45, 7) is 6.47. The fourth-order valence-electron chi connectivity index (χ4n) is 8.50. The van der Waals surface area contributed by atoms with Crippen molar-refractivity contribution in [2.75, 3.05) is 6.61 Å². The maximum Gasteiger partial charge on any atom is 0.306 e. The Morgan fingerprint density at radius 3 is 1.24 bits per heavy atom. The Balaban J connectivity index is 4.58. The smallest absolute Gasteiger partial charge is 0.306 e. The van der Waals surface area contributed by atoms with Gasteiger partial charge in [0.2, 0.25) is 5.91 Å². The quantitative estimate of drug-likeness (QED) is 0.0321. The van der Waals surface area contributed by atoms with E-state index in [0.29, 0.717) is 19.3 Å². The maximum atomic E-state index is 13.2. The highest BCUT2D eigenvalue weighted by Gasteiger charge is 2.24. The Morgan fingerprint density at radius 1 is 0.460 bits per heavy atom. The molecule has 0 aliphatic carbocycles. The largest absolute Gasteiger partial charge is 0.462 e. The number of aliphatic hydroxyl groups is 2. The van der Waals surface area contributed by atoms with Crippen molar-refractivity contribution in [3.63, 3.8) is 0 Å². The highest BCUT2D eigenvalue weighted by Crippen LogP contribution is 2.18. The minimum absolute atomic E-state index is 0.0558. The number of hydrogen-bond acceptors (Lipinski definition) is 5. The monoisotopic (exact) mass is 886 g/mol. The molecular weight excluding hydrogens is 779 g/mol. The molecule has 63 heavy (non-hydrogen) atoms. The van der Waals surface area contributed by atoms with Crippen LogP contribution in [0.5, 0.6) is 0 Å². The van der Waals surface area contributed by atoms with Crippen LogP contribution in [0.4, 0.5) is 0 Å². The number of esters is 1. The van der Waals surface area contributed by atoms with E-state index in [0.717, 1.165) is 70.6 Å². The van der Waals surface area contributed by atoms with Crippen LogP contribution >= 0.6 is 0 Å². The van der Waals surface area contributed by atoms with Crippen molar-refractivity contribution in [1.29, 1.82) is 0 Å². The van der Waals surface area contributed by atoms with Gasteiger partial charge in [0.15, 0.2) is 0 Å². The van der Waals surface area contributed by atoms with E-state index >= 15 is 0 Å². The van der Waals surface area contributed by atoms with Crippen molar-refractivity contribution in [3.05, 3.63) is 36.5 Å². The zero-order chi connectivity index (χ0) is 45.9. The molecule has 0 aliphatic rings. The van der Waals surface area contributed by atoms with Gasteiger partial charge in [-0.15, -0.1) is 0 Å². The molecule has 0 saturated carbocycles. The Morgan fingerprint density at radius 2 is 0.810 bits per heavy atom. The molecule has 3 N–H and O–H groups in total. The molecule has 0 spiro atoms. The first kappa shape index (κ1) is 61.1. The lowest BCUT2D eigenvalue weighted by molar-refractivity contribution is -0.151. The van der Waals surface area contributed by atoms with Crippen LogP contribution in [-0.4, -0.2) is 46.9 Å². The number of aliphatic hydroxyl groups excluding tert-OH is 2. The van der Waals surface area contributed by atoms with Gasteiger partial charge in [0.1, 0.15) is 6.10 Å². The average molecular weight is 886 g/mol. The summed E-state index contributed by atoms with van der Waals surface area (Å²) in [6, 6.07) is -0.711. The van der Waals surface area contributed by atoms with Crippen LogP contribution in [0.15, 0.2) is 36.5 Å². The van der Waals surface area contributed by atoms with Crippen molar-refractivity contribution in [2.45, 2.75) is 309 Å². The molecule has 0 bridgehead atoms. The SMILES string of the molecule is CCCCC/C=C\C/C=C\C/C=C\CCCCC(CC(=O)NC(CO)C(O)CCCCCCCCCCCCCCCCCC)OC(=O)CCCCCCCCCCCCCCC. The van der Waals surface area contributed by atoms with Gasteiger partial charge in [-0.05, 0) is 64.2 Å². The van der Waals surface area contributed by atoms with Crippen LogP contribution in [0.3, 0.4) is 0 Å². The van der Waals surface area contributed by atoms with Crippen molar-refractivity contribution >= 4 is 11.9 Å². The normalized spacial score (nSPS) is 13.4. The number of nitrogens with one attached hydrogen (secondary N) is 1. The molecule has 0 rings (SSSR count). The van der Waals surface area contributed by atoms with Crippen molar-refractivity contribution in [3.8, 4) is 0 Å². The van der Waals surface area contributed by atoms with Crippen molar-refractivity contribution in [2.24, 2.45) is 0 Å². The van der Waals surface area contributed by atoms with E-state index in [1.165, 1.54) is 173 Å². The van der Waals surface area contributed by atoms with Crippen LogP contribution in [0.25, 0.3) is 0 Å². The van der Waals surface area contributed by atoms with Crippen LogP contribution in [0, 0.1) is 0 Å². The highest BCUT2D eigenvalue weighted by molar-refractivity contribution is 5.77. The third-order valence-corrected chi connectivity index (χ3v) is 12.7. The highest BCUT2D eigenvalue weighted by atomic mass is 16.5. The predicted octanol–water partition coefficient (Wildman–Crippen LogP) is 16.8. The lowest BCUT2D eigenvalue weighted by atomic mass is 10.0. The molecule has 0 heterocycles. The molecule has 1 amide bonds. The summed E-state index contributed by atoms with van der Waals surface area (Å²) in [6.07, 6.45) is 60.6. The number of rotatable bonds is 50. The minimum atomic E-state index is -0.796. The van der Waals surface area contributed by atoms with E-state index in [9.17, 15) is 19.8 Å².